The quantitative estimate of drug-likeness (QED) is 0.266. The van der Waals surface area contributed by atoms with Crippen molar-refractivity contribution in [1.29, 1.82) is 0 Å². The monoisotopic (exact) mass is 860 g/mol. The number of halogens is 4. The molecule has 0 amide bonds. The molecule has 4 aromatic carbocycles. The Morgan fingerprint density at radius 1 is 0.667 bits per heavy atom. The number of quaternary nitrogens is 1. The minimum atomic E-state index is -3.82. The van der Waals surface area contributed by atoms with Crippen LogP contribution in [0.15, 0.2) is 129 Å². The molecule has 2 aliphatic heterocycles. The van der Waals surface area contributed by atoms with Gasteiger partial charge in [0.1, 0.15) is 11.6 Å². The van der Waals surface area contributed by atoms with Crippen LogP contribution in [0.25, 0.3) is 21.8 Å². The first-order chi connectivity index (χ1) is 24.0. The molecule has 2 aliphatic rings. The second-order valence-corrected chi connectivity index (χ2v) is 17.5. The van der Waals surface area contributed by atoms with Crippen LogP contribution in [0.3, 0.4) is 0 Å². The van der Waals surface area contributed by atoms with Crippen LogP contribution in [0.4, 0.5) is 14.5 Å². The summed E-state index contributed by atoms with van der Waals surface area (Å²) in [6.07, 6.45) is 3.89. The molecular weight excluding hydrogens is 829 g/mol. The minimum absolute atomic E-state index is 0. The lowest BCUT2D eigenvalue weighted by molar-refractivity contribution is -0.640. The smallest absolute Gasteiger partial charge is 0.208 e. The number of aromatic nitrogens is 2. The minimum Gasteiger partial charge on any atom is -1.00 e. The second-order valence-electron chi connectivity index (χ2n) is 12.4. The number of sulfone groups is 2. The molecule has 14 heteroatoms. The maximum atomic E-state index is 13.5. The fourth-order valence-corrected chi connectivity index (χ4v) is 9.92. The molecule has 0 saturated carbocycles. The molecule has 8 rings (SSSR count). The Morgan fingerprint density at radius 3 is 1.80 bits per heavy atom. The predicted molar refractivity (Wildman–Crippen MR) is 195 cm³/mol. The standard InChI is InChI=1S/C22H22FN3O2S.C15H9FINO2S.ClH/c23-18-4-2-5-19(10-18)29(27,28)20-9-15-3-1-6-21(22(15)25-13-20)26-8-7-16-11-24-12-17(16)14-26;16-11-4-2-5-12(8-11)21(19,20)13-7-10-3-1-6-14(17)15(10)18-9-13;/h1-6,9-10,13,16-17,24H,7-8,11-12,14H2;1-9H;1H. The van der Waals surface area contributed by atoms with Crippen molar-refractivity contribution < 1.29 is 43.3 Å². The lowest BCUT2D eigenvalue weighted by Crippen LogP contribution is -3.00. The largest absolute Gasteiger partial charge is 1.00 e. The van der Waals surface area contributed by atoms with Crippen LogP contribution in [0, 0.1) is 27.0 Å². The summed E-state index contributed by atoms with van der Waals surface area (Å²) in [5.74, 6) is 0.345. The van der Waals surface area contributed by atoms with E-state index in [2.05, 4.69) is 48.8 Å². The maximum Gasteiger partial charge on any atom is 0.208 e. The highest BCUT2D eigenvalue weighted by molar-refractivity contribution is 14.1. The number of fused-ring (bicyclic) bond motifs is 3. The fraction of sp³-hybridized carbons (Fsp3) is 0.189. The average molecular weight is 861 g/mol. The van der Waals surface area contributed by atoms with Gasteiger partial charge in [-0.1, -0.05) is 36.4 Å². The third-order valence-corrected chi connectivity index (χ3v) is 13.6. The topological polar surface area (TPSA) is 114 Å². The third kappa shape index (κ3) is 7.58. The summed E-state index contributed by atoms with van der Waals surface area (Å²) in [5, 5.41) is 3.92. The van der Waals surface area contributed by atoms with Gasteiger partial charge in [-0.2, -0.15) is 0 Å². The van der Waals surface area contributed by atoms with E-state index >= 15 is 0 Å². The van der Waals surface area contributed by atoms with E-state index in [0.717, 1.165) is 62.2 Å². The summed E-state index contributed by atoms with van der Waals surface area (Å²) < 4.78 is 78.6. The molecule has 0 radical (unpaired) electrons. The molecule has 2 unspecified atom stereocenters. The number of piperidine rings is 1. The summed E-state index contributed by atoms with van der Waals surface area (Å²) in [6, 6.07) is 24.7. The number of para-hydroxylation sites is 2. The number of nitrogens with zero attached hydrogens (tertiary/aromatic N) is 3. The van der Waals surface area contributed by atoms with Crippen molar-refractivity contribution in [3.8, 4) is 0 Å². The van der Waals surface area contributed by atoms with Crippen LogP contribution in [-0.2, 0) is 19.7 Å². The van der Waals surface area contributed by atoms with E-state index in [1.165, 1.54) is 68.3 Å². The first kappa shape index (κ1) is 37.0. The van der Waals surface area contributed by atoms with Gasteiger partial charge in [0.2, 0.25) is 19.7 Å². The molecule has 0 aliphatic carbocycles. The molecule has 264 valence electrons. The summed E-state index contributed by atoms with van der Waals surface area (Å²) in [5.41, 5.74) is 2.62. The van der Waals surface area contributed by atoms with Gasteiger partial charge in [-0.15, -0.1) is 0 Å². The van der Waals surface area contributed by atoms with Crippen molar-refractivity contribution in [2.45, 2.75) is 26.0 Å². The van der Waals surface area contributed by atoms with Gasteiger partial charge in [0, 0.05) is 51.7 Å². The van der Waals surface area contributed by atoms with Crippen molar-refractivity contribution in [1.82, 2.24) is 9.97 Å². The van der Waals surface area contributed by atoms with Crippen molar-refractivity contribution in [3.05, 3.63) is 125 Å². The van der Waals surface area contributed by atoms with E-state index in [4.69, 9.17) is 0 Å². The van der Waals surface area contributed by atoms with Crippen molar-refractivity contribution >= 4 is 69.8 Å². The highest BCUT2D eigenvalue weighted by Crippen LogP contribution is 2.33. The Labute approximate surface area is 314 Å². The summed E-state index contributed by atoms with van der Waals surface area (Å²) in [7, 11) is -7.59. The Morgan fingerprint density at radius 2 is 1.20 bits per heavy atom. The van der Waals surface area contributed by atoms with Crippen LogP contribution in [-0.4, -0.2) is 53.0 Å². The maximum absolute atomic E-state index is 13.5. The molecule has 0 spiro atoms. The fourth-order valence-electron chi connectivity index (χ4n) is 6.72. The van der Waals surface area contributed by atoms with E-state index < -0.39 is 31.3 Å². The summed E-state index contributed by atoms with van der Waals surface area (Å²) >= 11 is 2.15. The van der Waals surface area contributed by atoms with E-state index in [0.29, 0.717) is 5.92 Å². The van der Waals surface area contributed by atoms with Gasteiger partial charge in [-0.3, -0.25) is 9.97 Å². The van der Waals surface area contributed by atoms with Crippen LogP contribution < -0.4 is 22.6 Å². The SMILES string of the molecule is O=S(=O)(c1cccc(F)c1)c1cnc2c(I)cccc2c1.O=S(=O)(c1cccc(F)c1)c1cnc2c(N3CCC4C[NH2+]CC4C3)cccc2c1.[Cl-]. The zero-order valence-corrected chi connectivity index (χ0v) is 31.5. The molecule has 2 saturated heterocycles. The molecule has 51 heavy (non-hydrogen) atoms. The summed E-state index contributed by atoms with van der Waals surface area (Å²) in [4.78, 5) is 11.1. The van der Waals surface area contributed by atoms with Crippen LogP contribution in [0.5, 0.6) is 0 Å². The molecular formula is C37H32ClF2IN4O4S2. The van der Waals surface area contributed by atoms with Crippen molar-refractivity contribution in [2.24, 2.45) is 11.8 Å². The van der Waals surface area contributed by atoms with Crippen LogP contribution in [0.2, 0.25) is 0 Å². The molecule has 0 bridgehead atoms. The molecule has 2 aromatic heterocycles. The molecule has 6 aromatic rings. The van der Waals surface area contributed by atoms with Crippen LogP contribution in [0.1, 0.15) is 6.42 Å². The normalized spacial score (nSPS) is 17.4. The number of rotatable bonds is 5. The highest BCUT2D eigenvalue weighted by Gasteiger charge is 2.36. The molecule has 2 N–H and O–H groups in total. The van der Waals surface area contributed by atoms with E-state index in [-0.39, 0.29) is 32.0 Å². The van der Waals surface area contributed by atoms with Crippen molar-refractivity contribution in [3.63, 3.8) is 0 Å². The summed E-state index contributed by atoms with van der Waals surface area (Å²) in [6.45, 7) is 4.42. The Balaban J connectivity index is 0.000000181. The number of nitrogens with two attached hydrogens (primary N) is 1. The molecule has 2 fully saturated rings. The molecule has 8 nitrogen and oxygen atoms in total. The average Bonchev–Trinajstić information content (AvgIpc) is 3.60. The first-order valence-electron chi connectivity index (χ1n) is 16.0. The van der Waals surface area contributed by atoms with Gasteiger partial charge in [0.05, 0.1) is 49.4 Å². The van der Waals surface area contributed by atoms with E-state index in [9.17, 15) is 25.6 Å². The van der Waals surface area contributed by atoms with Gasteiger partial charge >= 0.3 is 0 Å². The van der Waals surface area contributed by atoms with E-state index in [1.807, 2.05) is 24.3 Å². The lowest BCUT2D eigenvalue weighted by atomic mass is 9.88. The van der Waals surface area contributed by atoms with Gasteiger partial charge < -0.3 is 22.6 Å². The number of hydrogen-bond acceptors (Lipinski definition) is 7. The predicted octanol–water partition coefficient (Wildman–Crippen LogP) is 3.04. The van der Waals surface area contributed by atoms with Gasteiger partial charge in [-0.25, -0.2) is 25.6 Å². The Hall–Kier alpha value is -3.76. The van der Waals surface area contributed by atoms with Crippen molar-refractivity contribution in [2.75, 3.05) is 31.1 Å². The third-order valence-electron chi connectivity index (χ3n) is 9.31. The molecule has 4 heterocycles. The zero-order valence-electron chi connectivity index (χ0n) is 27.0. The van der Waals surface area contributed by atoms with Gasteiger partial charge in [-0.05, 0) is 89.7 Å². The second kappa shape index (κ2) is 15.1. The number of anilines is 1. The zero-order chi connectivity index (χ0) is 35.0. The van der Waals surface area contributed by atoms with E-state index in [1.54, 1.807) is 18.2 Å². The number of pyridine rings is 2. The highest BCUT2D eigenvalue weighted by atomic mass is 127. The number of benzene rings is 4. The van der Waals surface area contributed by atoms with Gasteiger partial charge in [0.25, 0.3) is 0 Å². The Bertz CT molecular complexity index is 2470. The van der Waals surface area contributed by atoms with Gasteiger partial charge in [0.15, 0.2) is 0 Å². The lowest BCUT2D eigenvalue weighted by Gasteiger charge is -2.35. The number of hydrogen-bond donors (Lipinski definition) is 1. The first-order valence-corrected chi connectivity index (χ1v) is 20.1. The Kier molecular flexibility index (Phi) is 10.9. The van der Waals surface area contributed by atoms with Crippen LogP contribution >= 0.6 is 22.6 Å². The molecule has 2 atom stereocenters.